The van der Waals surface area contributed by atoms with E-state index >= 15 is 0 Å². The molecule has 0 saturated heterocycles. The minimum absolute atomic E-state index is 0.197. The summed E-state index contributed by atoms with van der Waals surface area (Å²) in [4.78, 5) is 26.1. The van der Waals surface area contributed by atoms with E-state index < -0.39 is 45.7 Å². The van der Waals surface area contributed by atoms with E-state index in [1.165, 1.54) is 32.4 Å². The number of ether oxygens (including phenoxy) is 3. The summed E-state index contributed by atoms with van der Waals surface area (Å²) in [5.74, 6) is -4.89. The van der Waals surface area contributed by atoms with E-state index in [9.17, 15) is 35.1 Å². The number of phenolic OH excluding ortho intramolecular Hbond substituents is 5. The molecule has 0 aliphatic heterocycles. The number of methoxy groups -OCH3 is 2. The standard InChI is InChI=1S/C24H18O11/c1-32-16-4-3-10(7-17(16)33-2)22-23(21(30)19-13(26)8-12(25)9-18(19)34-22)35-24(31)11-5-14(27)20(29)15(28)6-11/h3-9,25-29H,1-2H3. The molecule has 0 radical (unpaired) electrons. The maximum absolute atomic E-state index is 13.3. The van der Waals surface area contributed by atoms with Crippen LogP contribution in [0.25, 0.3) is 22.3 Å². The van der Waals surface area contributed by atoms with Crippen LogP contribution in [-0.4, -0.2) is 45.7 Å². The molecule has 11 heteroatoms. The van der Waals surface area contributed by atoms with Gasteiger partial charge in [0.2, 0.25) is 11.2 Å². The van der Waals surface area contributed by atoms with Crippen molar-refractivity contribution in [2.45, 2.75) is 0 Å². The zero-order valence-corrected chi connectivity index (χ0v) is 18.2. The molecule has 1 aromatic heterocycles. The molecule has 4 rings (SSSR count). The van der Waals surface area contributed by atoms with Crippen LogP contribution < -0.4 is 19.6 Å². The summed E-state index contributed by atoms with van der Waals surface area (Å²) in [6, 6.07) is 8.11. The molecule has 11 nitrogen and oxygen atoms in total. The quantitative estimate of drug-likeness (QED) is 0.208. The van der Waals surface area contributed by atoms with E-state index in [1.54, 1.807) is 0 Å². The third kappa shape index (κ3) is 4.06. The topological polar surface area (TPSA) is 176 Å². The summed E-state index contributed by atoms with van der Waals surface area (Å²) in [7, 11) is 2.81. The van der Waals surface area contributed by atoms with Crippen molar-refractivity contribution in [1.82, 2.24) is 0 Å². The van der Waals surface area contributed by atoms with Crippen LogP contribution in [0.15, 0.2) is 51.7 Å². The monoisotopic (exact) mass is 482 g/mol. The SMILES string of the molecule is COc1ccc(-c2oc3cc(O)cc(O)c3c(=O)c2OC(=O)c2cc(O)c(O)c(O)c2)cc1OC. The minimum Gasteiger partial charge on any atom is -0.508 e. The van der Waals surface area contributed by atoms with Crippen molar-refractivity contribution in [3.63, 3.8) is 0 Å². The third-order valence-corrected chi connectivity index (χ3v) is 5.06. The smallest absolute Gasteiger partial charge is 0.344 e. The number of carbonyl (C=O) groups excluding carboxylic acids is 1. The van der Waals surface area contributed by atoms with Crippen LogP contribution in [0.5, 0.6) is 46.0 Å². The van der Waals surface area contributed by atoms with E-state index in [0.29, 0.717) is 5.75 Å². The van der Waals surface area contributed by atoms with Gasteiger partial charge in [-0.3, -0.25) is 4.79 Å². The number of fused-ring (bicyclic) bond motifs is 1. The van der Waals surface area contributed by atoms with Crippen molar-refractivity contribution in [1.29, 1.82) is 0 Å². The second-order valence-corrected chi connectivity index (χ2v) is 7.25. The zero-order chi connectivity index (χ0) is 25.4. The van der Waals surface area contributed by atoms with Gasteiger partial charge in [-0.1, -0.05) is 0 Å². The van der Waals surface area contributed by atoms with E-state index in [-0.39, 0.29) is 33.8 Å². The Morgan fingerprint density at radius 3 is 2.11 bits per heavy atom. The molecular formula is C24H18O11. The lowest BCUT2D eigenvalue weighted by Gasteiger charge is -2.13. The Balaban J connectivity index is 1.95. The first-order chi connectivity index (χ1) is 16.6. The molecule has 0 unspecified atom stereocenters. The molecule has 0 fully saturated rings. The molecule has 1 heterocycles. The molecule has 0 atom stereocenters. The molecule has 0 amide bonds. The van der Waals surface area contributed by atoms with Crippen molar-refractivity contribution < 1.29 is 49.0 Å². The highest BCUT2D eigenvalue weighted by Crippen LogP contribution is 2.40. The largest absolute Gasteiger partial charge is 0.508 e. The summed E-state index contributed by atoms with van der Waals surface area (Å²) in [6.45, 7) is 0. The van der Waals surface area contributed by atoms with Crippen LogP contribution in [0.2, 0.25) is 0 Å². The summed E-state index contributed by atoms with van der Waals surface area (Å²) >= 11 is 0. The first-order valence-corrected chi connectivity index (χ1v) is 9.86. The van der Waals surface area contributed by atoms with Crippen LogP contribution in [0.1, 0.15) is 10.4 Å². The lowest BCUT2D eigenvalue weighted by atomic mass is 10.1. The molecule has 4 aromatic rings. The first-order valence-electron chi connectivity index (χ1n) is 9.86. The fourth-order valence-corrected chi connectivity index (χ4v) is 3.40. The van der Waals surface area contributed by atoms with Crippen LogP contribution in [0.4, 0.5) is 0 Å². The van der Waals surface area contributed by atoms with E-state index in [1.807, 2.05) is 0 Å². The number of phenols is 5. The van der Waals surface area contributed by atoms with Gasteiger partial charge in [-0.25, -0.2) is 4.79 Å². The highest BCUT2D eigenvalue weighted by molar-refractivity contribution is 5.95. The number of hydrogen-bond donors (Lipinski definition) is 5. The predicted octanol–water partition coefficient (Wildman–Crippen LogP) is 3.22. The molecular weight excluding hydrogens is 464 g/mol. The normalized spacial score (nSPS) is 10.8. The number of hydrogen-bond acceptors (Lipinski definition) is 11. The van der Waals surface area contributed by atoms with Crippen LogP contribution in [0.3, 0.4) is 0 Å². The number of benzene rings is 3. The lowest BCUT2D eigenvalue weighted by Crippen LogP contribution is -2.16. The first kappa shape index (κ1) is 23.1. The predicted molar refractivity (Wildman–Crippen MR) is 121 cm³/mol. The fraction of sp³-hybridized carbons (Fsp3) is 0.0833. The van der Waals surface area contributed by atoms with Gasteiger partial charge < -0.3 is 44.2 Å². The number of carbonyl (C=O) groups is 1. The molecule has 180 valence electrons. The Labute approximate surface area is 196 Å². The number of aromatic hydroxyl groups is 5. The van der Waals surface area contributed by atoms with Gasteiger partial charge in [-0.15, -0.1) is 0 Å². The third-order valence-electron chi connectivity index (χ3n) is 5.06. The number of esters is 1. The fourth-order valence-electron chi connectivity index (χ4n) is 3.40. The van der Waals surface area contributed by atoms with Crippen molar-refractivity contribution in [3.8, 4) is 57.3 Å². The van der Waals surface area contributed by atoms with Gasteiger partial charge >= 0.3 is 5.97 Å². The van der Waals surface area contributed by atoms with Gasteiger partial charge in [-0.05, 0) is 30.3 Å². The van der Waals surface area contributed by atoms with E-state index in [2.05, 4.69) is 0 Å². The van der Waals surface area contributed by atoms with E-state index in [0.717, 1.165) is 24.3 Å². The Hall–Kier alpha value is -5.06. The Kier molecular flexibility index (Phi) is 5.75. The highest BCUT2D eigenvalue weighted by atomic mass is 16.5. The molecule has 35 heavy (non-hydrogen) atoms. The van der Waals surface area contributed by atoms with Gasteiger partial charge in [0.1, 0.15) is 22.5 Å². The molecule has 0 bridgehead atoms. The van der Waals surface area contributed by atoms with Crippen LogP contribution in [0, 0.1) is 0 Å². The average molecular weight is 482 g/mol. The molecule has 0 aliphatic rings. The Morgan fingerprint density at radius 1 is 0.829 bits per heavy atom. The van der Waals surface area contributed by atoms with E-state index in [4.69, 9.17) is 18.6 Å². The van der Waals surface area contributed by atoms with Crippen molar-refractivity contribution in [3.05, 3.63) is 58.3 Å². The van der Waals surface area contributed by atoms with Gasteiger partial charge in [0, 0.05) is 17.7 Å². The van der Waals surface area contributed by atoms with Gasteiger partial charge in [-0.2, -0.15) is 0 Å². The van der Waals surface area contributed by atoms with Gasteiger partial charge in [0.15, 0.2) is 34.5 Å². The summed E-state index contributed by atoms with van der Waals surface area (Å²) in [5.41, 5.74) is -1.33. The highest BCUT2D eigenvalue weighted by Gasteiger charge is 2.25. The minimum atomic E-state index is -1.19. The maximum Gasteiger partial charge on any atom is 0.344 e. The lowest BCUT2D eigenvalue weighted by molar-refractivity contribution is 0.0730. The molecule has 0 aliphatic carbocycles. The molecule has 3 aromatic carbocycles. The Morgan fingerprint density at radius 2 is 1.49 bits per heavy atom. The maximum atomic E-state index is 13.3. The van der Waals surface area contributed by atoms with Crippen molar-refractivity contribution >= 4 is 16.9 Å². The zero-order valence-electron chi connectivity index (χ0n) is 18.2. The van der Waals surface area contributed by atoms with Gasteiger partial charge in [0.25, 0.3) is 0 Å². The van der Waals surface area contributed by atoms with Crippen molar-refractivity contribution in [2.75, 3.05) is 14.2 Å². The molecule has 5 N–H and O–H groups in total. The number of rotatable bonds is 5. The van der Waals surface area contributed by atoms with Crippen LogP contribution >= 0.6 is 0 Å². The average Bonchev–Trinajstić information content (AvgIpc) is 2.82. The van der Waals surface area contributed by atoms with Crippen LogP contribution in [-0.2, 0) is 0 Å². The second kappa shape index (κ2) is 8.71. The Bertz CT molecular complexity index is 1510. The molecule has 0 saturated carbocycles. The summed E-state index contributed by atoms with van der Waals surface area (Å²) < 4.78 is 21.5. The second-order valence-electron chi connectivity index (χ2n) is 7.25. The molecule has 0 spiro atoms. The summed E-state index contributed by atoms with van der Waals surface area (Å²) in [5, 5.41) is 48.6. The summed E-state index contributed by atoms with van der Waals surface area (Å²) in [6.07, 6.45) is 0. The van der Waals surface area contributed by atoms with Crippen molar-refractivity contribution in [2.24, 2.45) is 0 Å². The van der Waals surface area contributed by atoms with Gasteiger partial charge in [0.05, 0.1) is 19.8 Å².